The Bertz CT molecular complexity index is 1200. The molecule has 0 saturated heterocycles. The maximum atomic E-state index is 13.0. The summed E-state index contributed by atoms with van der Waals surface area (Å²) in [5, 5.41) is 12.3. The molecule has 0 radical (unpaired) electrons. The van der Waals surface area contributed by atoms with Gasteiger partial charge in [0.05, 0.1) is 11.4 Å². The van der Waals surface area contributed by atoms with E-state index < -0.39 is 0 Å². The molecule has 0 unspecified atom stereocenters. The molecule has 2 N–H and O–H groups in total. The molecule has 2 aromatic heterocycles. The highest BCUT2D eigenvalue weighted by molar-refractivity contribution is 7.99. The van der Waals surface area contributed by atoms with Gasteiger partial charge in [0, 0.05) is 10.9 Å². The van der Waals surface area contributed by atoms with E-state index in [1.165, 1.54) is 47.4 Å². The molecule has 0 aliphatic heterocycles. The van der Waals surface area contributed by atoms with Gasteiger partial charge in [-0.1, -0.05) is 30.0 Å². The minimum Gasteiger partial charge on any atom is -0.301 e. The largest absolute Gasteiger partial charge is 0.301 e. The van der Waals surface area contributed by atoms with Crippen molar-refractivity contribution in [1.29, 1.82) is 0 Å². The van der Waals surface area contributed by atoms with Gasteiger partial charge in [-0.25, -0.2) is 18.7 Å². The van der Waals surface area contributed by atoms with E-state index in [1.807, 2.05) is 0 Å². The summed E-state index contributed by atoms with van der Waals surface area (Å²) in [5.41, 5.74) is 2.27. The van der Waals surface area contributed by atoms with Gasteiger partial charge in [0.15, 0.2) is 5.13 Å². The van der Waals surface area contributed by atoms with Crippen LogP contribution < -0.4 is 5.32 Å². The van der Waals surface area contributed by atoms with Crippen molar-refractivity contribution in [2.24, 2.45) is 0 Å². The number of nitrogens with one attached hydrogen (secondary N) is 2. The van der Waals surface area contributed by atoms with Gasteiger partial charge in [-0.15, -0.1) is 16.4 Å². The van der Waals surface area contributed by atoms with E-state index in [0.717, 1.165) is 11.1 Å². The number of thiazole rings is 1. The number of carbonyl (C=O) groups excluding carboxylic acids is 1. The van der Waals surface area contributed by atoms with Crippen molar-refractivity contribution in [3.8, 4) is 11.3 Å². The molecular weight excluding hydrogens is 440 g/mol. The summed E-state index contributed by atoms with van der Waals surface area (Å²) >= 11 is 2.48. The Morgan fingerprint density at radius 3 is 2.48 bits per heavy atom. The number of nitrogens with zero attached hydrogens (tertiary/aromatic N) is 3. The van der Waals surface area contributed by atoms with Crippen LogP contribution in [0.2, 0.25) is 0 Å². The van der Waals surface area contributed by atoms with E-state index in [1.54, 1.807) is 41.8 Å². The van der Waals surface area contributed by atoms with Crippen LogP contribution in [0.25, 0.3) is 23.4 Å². The van der Waals surface area contributed by atoms with Crippen molar-refractivity contribution in [3.05, 3.63) is 76.9 Å². The maximum Gasteiger partial charge on any atom is 0.236 e. The third-order valence-electron chi connectivity index (χ3n) is 4.01. The lowest BCUT2D eigenvalue weighted by atomic mass is 10.2. The van der Waals surface area contributed by atoms with Crippen LogP contribution in [-0.4, -0.2) is 31.8 Å². The average Bonchev–Trinajstić information content (AvgIpc) is 3.42. The quantitative estimate of drug-likeness (QED) is 0.379. The minimum absolute atomic E-state index is 0.116. The first-order chi connectivity index (χ1) is 15.0. The highest BCUT2D eigenvalue weighted by Gasteiger charge is 2.10. The van der Waals surface area contributed by atoms with Gasteiger partial charge in [0.1, 0.15) is 17.5 Å². The van der Waals surface area contributed by atoms with Crippen molar-refractivity contribution < 1.29 is 13.6 Å². The summed E-state index contributed by atoms with van der Waals surface area (Å²) in [4.78, 5) is 20.8. The maximum absolute atomic E-state index is 13.0. The second-order valence-electron chi connectivity index (χ2n) is 6.27. The second kappa shape index (κ2) is 9.63. The molecule has 10 heteroatoms. The van der Waals surface area contributed by atoms with Gasteiger partial charge in [0.25, 0.3) is 0 Å². The van der Waals surface area contributed by atoms with Crippen LogP contribution >= 0.6 is 23.1 Å². The number of hydrogen-bond donors (Lipinski definition) is 2. The van der Waals surface area contributed by atoms with Gasteiger partial charge in [-0.05, 0) is 48.0 Å². The normalized spacial score (nSPS) is 11.2. The van der Waals surface area contributed by atoms with Gasteiger partial charge in [0.2, 0.25) is 11.1 Å². The highest BCUT2D eigenvalue weighted by Crippen LogP contribution is 2.25. The van der Waals surface area contributed by atoms with Gasteiger partial charge < -0.3 is 5.32 Å². The fourth-order valence-electron chi connectivity index (χ4n) is 2.52. The number of aromatic nitrogens is 4. The number of hydrogen-bond acceptors (Lipinski definition) is 6. The highest BCUT2D eigenvalue weighted by atomic mass is 32.2. The van der Waals surface area contributed by atoms with E-state index in [9.17, 15) is 13.6 Å². The molecule has 0 bridgehead atoms. The number of benzene rings is 2. The summed E-state index contributed by atoms with van der Waals surface area (Å²) in [6.45, 7) is 0. The molecule has 0 atom stereocenters. The third-order valence-corrected chi connectivity index (χ3v) is 5.61. The Labute approximate surface area is 184 Å². The van der Waals surface area contributed by atoms with Crippen molar-refractivity contribution in [2.45, 2.75) is 5.16 Å². The van der Waals surface area contributed by atoms with E-state index >= 15 is 0 Å². The Kier molecular flexibility index (Phi) is 6.48. The fraction of sp³-hybridized carbons (Fsp3) is 0.0476. The lowest BCUT2D eigenvalue weighted by Gasteiger charge is -1.99. The second-order valence-corrected chi connectivity index (χ2v) is 8.07. The van der Waals surface area contributed by atoms with E-state index in [4.69, 9.17) is 0 Å². The van der Waals surface area contributed by atoms with Crippen LogP contribution in [0.15, 0.2) is 59.1 Å². The van der Waals surface area contributed by atoms with Gasteiger partial charge in [-0.2, -0.15) is 0 Å². The lowest BCUT2D eigenvalue weighted by molar-refractivity contribution is -0.113. The monoisotopic (exact) mass is 455 g/mol. The molecule has 1 amide bonds. The molecule has 0 spiro atoms. The van der Waals surface area contributed by atoms with E-state index in [0.29, 0.717) is 21.8 Å². The Morgan fingerprint density at radius 2 is 1.74 bits per heavy atom. The Morgan fingerprint density at radius 1 is 1.03 bits per heavy atom. The van der Waals surface area contributed by atoms with Crippen LogP contribution in [0, 0.1) is 11.6 Å². The first-order valence-electron chi connectivity index (χ1n) is 9.05. The zero-order valence-electron chi connectivity index (χ0n) is 15.9. The Hall–Kier alpha value is -3.37. The Balaban J connectivity index is 1.28. The van der Waals surface area contributed by atoms with Crippen LogP contribution in [-0.2, 0) is 4.79 Å². The fourth-order valence-corrected chi connectivity index (χ4v) is 3.86. The predicted molar refractivity (Wildman–Crippen MR) is 119 cm³/mol. The number of halogens is 2. The predicted octanol–water partition coefficient (Wildman–Crippen LogP) is 5.11. The molecule has 0 fully saturated rings. The van der Waals surface area contributed by atoms with Gasteiger partial charge in [-0.3, -0.25) is 9.89 Å². The molecule has 0 aliphatic carbocycles. The number of H-pyrrole nitrogens is 1. The van der Waals surface area contributed by atoms with Crippen molar-refractivity contribution in [2.75, 3.05) is 11.1 Å². The van der Waals surface area contributed by atoms with Crippen LogP contribution in [0.4, 0.5) is 13.9 Å². The smallest absolute Gasteiger partial charge is 0.236 e. The van der Waals surface area contributed by atoms with E-state index in [-0.39, 0.29) is 23.3 Å². The van der Waals surface area contributed by atoms with Crippen LogP contribution in [0.1, 0.15) is 11.4 Å². The summed E-state index contributed by atoms with van der Waals surface area (Å²) in [6, 6.07) is 12.1. The topological polar surface area (TPSA) is 83.6 Å². The summed E-state index contributed by atoms with van der Waals surface area (Å²) in [7, 11) is 0. The zero-order chi connectivity index (χ0) is 21.6. The number of anilines is 1. The molecule has 31 heavy (non-hydrogen) atoms. The van der Waals surface area contributed by atoms with Crippen LogP contribution in [0.5, 0.6) is 0 Å². The molecule has 156 valence electrons. The molecule has 6 nitrogen and oxygen atoms in total. The summed E-state index contributed by atoms with van der Waals surface area (Å²) < 4.78 is 26.0. The number of aromatic amines is 1. The first kappa shape index (κ1) is 20.9. The zero-order valence-corrected chi connectivity index (χ0v) is 17.5. The van der Waals surface area contributed by atoms with Gasteiger partial charge >= 0.3 is 0 Å². The minimum atomic E-state index is -0.314. The molecular formula is C21H15F2N5OS2. The molecule has 4 aromatic rings. The lowest BCUT2D eigenvalue weighted by Crippen LogP contribution is -2.13. The molecule has 0 aliphatic rings. The molecule has 0 saturated carbocycles. The number of thioether (sulfide) groups is 1. The number of carbonyl (C=O) groups is 1. The summed E-state index contributed by atoms with van der Waals surface area (Å²) in [5.74, 6) is -0.206. The first-order valence-corrected chi connectivity index (χ1v) is 10.9. The average molecular weight is 456 g/mol. The van der Waals surface area contributed by atoms with Crippen molar-refractivity contribution in [1.82, 2.24) is 20.2 Å². The molecule has 2 heterocycles. The standard InChI is InChI=1S/C21H15F2N5OS2/c22-15-6-1-13(2-7-15)3-10-18-25-21(28-27-18)31-12-19(29)26-20-24-17(11-30-20)14-4-8-16(23)9-5-14/h1-11H,12H2,(H,24,26,29)(H,25,27,28)/b10-3+. The molecule has 4 rings (SSSR count). The van der Waals surface area contributed by atoms with E-state index in [2.05, 4.69) is 25.5 Å². The summed E-state index contributed by atoms with van der Waals surface area (Å²) in [6.07, 6.45) is 3.50. The van der Waals surface area contributed by atoms with Crippen LogP contribution in [0.3, 0.4) is 0 Å². The number of rotatable bonds is 7. The molecule has 2 aromatic carbocycles. The third kappa shape index (κ3) is 5.83. The SMILES string of the molecule is O=C(CSc1n[nH]c(/C=C/c2ccc(F)cc2)n1)Nc1nc(-c2ccc(F)cc2)cs1. The van der Waals surface area contributed by atoms with Crippen molar-refractivity contribution in [3.63, 3.8) is 0 Å². The number of amides is 1. The van der Waals surface area contributed by atoms with Crippen molar-refractivity contribution >= 4 is 46.3 Å².